The van der Waals surface area contributed by atoms with Crippen LogP contribution in [-0.2, 0) is 6.54 Å². The van der Waals surface area contributed by atoms with Gasteiger partial charge in [-0.05, 0) is 36.8 Å². The van der Waals surface area contributed by atoms with Gasteiger partial charge >= 0.3 is 0 Å². The second-order valence-corrected chi connectivity index (χ2v) is 5.69. The number of carbonyl (C=O) groups is 1. The average molecular weight is 366 g/mol. The second-order valence-electron chi connectivity index (χ2n) is 5.69. The van der Waals surface area contributed by atoms with Crippen LogP contribution >= 0.6 is 0 Å². The van der Waals surface area contributed by atoms with Gasteiger partial charge in [-0.2, -0.15) is 5.10 Å². The molecule has 0 radical (unpaired) electrons. The number of hydrogen-bond donors (Lipinski definition) is 2. The number of hydrazine groups is 1. The number of rotatable bonds is 7. The maximum atomic E-state index is 13.6. The largest absolute Gasteiger partial charge is 0.494 e. The normalized spacial score (nSPS) is 10.4. The Kier molecular flexibility index (Phi) is 6.06. The second kappa shape index (κ2) is 8.86. The van der Waals surface area contributed by atoms with Gasteiger partial charge in [-0.3, -0.25) is 10.2 Å². The molecule has 0 atom stereocenters. The Morgan fingerprint density at radius 2 is 1.89 bits per heavy atom. The number of ether oxygens (including phenoxy) is 1. The van der Waals surface area contributed by atoms with E-state index >= 15 is 0 Å². The molecular formula is C20H19FN4O2. The van der Waals surface area contributed by atoms with Crippen molar-refractivity contribution >= 4 is 5.91 Å². The molecule has 0 aliphatic carbocycles. The molecule has 0 saturated carbocycles. The highest BCUT2D eigenvalue weighted by Crippen LogP contribution is 2.22. The third-order valence-electron chi connectivity index (χ3n) is 3.82. The highest BCUT2D eigenvalue weighted by Gasteiger charge is 2.10. The van der Waals surface area contributed by atoms with Gasteiger partial charge in [0.15, 0.2) is 5.69 Å². The van der Waals surface area contributed by atoms with E-state index < -0.39 is 5.91 Å². The van der Waals surface area contributed by atoms with Crippen molar-refractivity contribution in [2.75, 3.05) is 6.61 Å². The molecule has 7 heteroatoms. The lowest BCUT2D eigenvalue weighted by molar-refractivity contribution is 0.0926. The minimum atomic E-state index is -0.452. The first kappa shape index (κ1) is 18.5. The van der Waals surface area contributed by atoms with Crippen molar-refractivity contribution in [3.63, 3.8) is 0 Å². The molecule has 3 rings (SSSR count). The van der Waals surface area contributed by atoms with Crippen LogP contribution in [0.3, 0.4) is 0 Å². The summed E-state index contributed by atoms with van der Waals surface area (Å²) in [6, 6.07) is 15.5. The zero-order valence-electron chi connectivity index (χ0n) is 14.8. The Labute approximate surface area is 156 Å². The predicted octanol–water partition coefficient (Wildman–Crippen LogP) is 3.12. The molecule has 0 saturated heterocycles. The Morgan fingerprint density at radius 1 is 1.11 bits per heavy atom. The molecule has 1 aromatic heterocycles. The molecule has 0 unspecified atom stereocenters. The molecule has 138 valence electrons. The summed E-state index contributed by atoms with van der Waals surface area (Å²) in [5.74, 6) is -0.0123. The van der Waals surface area contributed by atoms with E-state index in [1.54, 1.807) is 30.5 Å². The van der Waals surface area contributed by atoms with Gasteiger partial charge in [0.1, 0.15) is 11.6 Å². The summed E-state index contributed by atoms with van der Waals surface area (Å²) in [5.41, 5.74) is 7.45. The van der Waals surface area contributed by atoms with E-state index in [-0.39, 0.29) is 18.1 Å². The monoisotopic (exact) mass is 366 g/mol. The van der Waals surface area contributed by atoms with Crippen LogP contribution in [0.15, 0.2) is 60.8 Å². The molecule has 0 fully saturated rings. The molecule has 0 spiro atoms. The molecule has 6 nitrogen and oxygen atoms in total. The topological polar surface area (TPSA) is 76.1 Å². The van der Waals surface area contributed by atoms with Crippen LogP contribution in [0, 0.1) is 5.82 Å². The van der Waals surface area contributed by atoms with Crippen LogP contribution in [0.1, 0.15) is 23.0 Å². The highest BCUT2D eigenvalue weighted by atomic mass is 19.1. The zero-order valence-corrected chi connectivity index (χ0v) is 14.8. The summed E-state index contributed by atoms with van der Waals surface area (Å²) in [6.07, 6.45) is 1.58. The molecule has 1 amide bonds. The molecule has 3 aromatic rings. The number of hydrogen-bond acceptors (Lipinski definition) is 5. The lowest BCUT2D eigenvalue weighted by Crippen LogP contribution is -2.37. The molecule has 0 aliphatic heterocycles. The quantitative estimate of drug-likeness (QED) is 0.629. The standard InChI is InChI=1S/C20H19FN4O2/c1-2-27-17-9-7-14(8-10-17)16-11-19(24-22-13-16)20(26)25-23-12-15-5-3-4-6-18(15)21/h3-11,13,23H,2,12H2,1H3,(H,25,26). The van der Waals surface area contributed by atoms with E-state index in [9.17, 15) is 9.18 Å². The molecule has 2 aromatic carbocycles. The SMILES string of the molecule is CCOc1ccc(-c2cnnc(C(=O)NNCc3ccccc3F)c2)cc1. The lowest BCUT2D eigenvalue weighted by atomic mass is 10.1. The van der Waals surface area contributed by atoms with Crippen molar-refractivity contribution in [2.24, 2.45) is 0 Å². The van der Waals surface area contributed by atoms with Crippen LogP contribution < -0.4 is 15.6 Å². The molecule has 27 heavy (non-hydrogen) atoms. The fraction of sp³-hybridized carbons (Fsp3) is 0.150. The smallest absolute Gasteiger partial charge is 0.285 e. The Balaban J connectivity index is 1.64. The van der Waals surface area contributed by atoms with Gasteiger partial charge in [-0.1, -0.05) is 30.3 Å². The molecule has 0 aliphatic rings. The molecule has 2 N–H and O–H groups in total. The first-order valence-electron chi connectivity index (χ1n) is 8.50. The van der Waals surface area contributed by atoms with Crippen LogP contribution in [0.25, 0.3) is 11.1 Å². The molecule has 0 bridgehead atoms. The van der Waals surface area contributed by atoms with E-state index in [1.807, 2.05) is 31.2 Å². The lowest BCUT2D eigenvalue weighted by Gasteiger charge is -2.08. The number of nitrogens with one attached hydrogen (secondary N) is 2. The van der Waals surface area contributed by atoms with E-state index in [2.05, 4.69) is 21.0 Å². The van der Waals surface area contributed by atoms with Crippen molar-refractivity contribution in [3.8, 4) is 16.9 Å². The van der Waals surface area contributed by atoms with Gasteiger partial charge in [-0.25, -0.2) is 9.82 Å². The summed E-state index contributed by atoms with van der Waals surface area (Å²) >= 11 is 0. The van der Waals surface area contributed by atoms with E-state index in [0.29, 0.717) is 12.2 Å². The first-order valence-corrected chi connectivity index (χ1v) is 8.50. The third kappa shape index (κ3) is 4.86. The van der Waals surface area contributed by atoms with Gasteiger partial charge in [0.25, 0.3) is 5.91 Å². The fourth-order valence-corrected chi connectivity index (χ4v) is 2.47. The van der Waals surface area contributed by atoms with Crippen molar-refractivity contribution in [3.05, 3.63) is 77.9 Å². The summed E-state index contributed by atoms with van der Waals surface area (Å²) in [7, 11) is 0. The highest BCUT2D eigenvalue weighted by molar-refractivity contribution is 5.92. The van der Waals surface area contributed by atoms with Crippen LogP contribution in [0.5, 0.6) is 5.75 Å². The van der Waals surface area contributed by atoms with Crippen LogP contribution in [-0.4, -0.2) is 22.7 Å². The average Bonchev–Trinajstić information content (AvgIpc) is 2.70. The minimum Gasteiger partial charge on any atom is -0.494 e. The van der Waals surface area contributed by atoms with Crippen LogP contribution in [0.2, 0.25) is 0 Å². The summed E-state index contributed by atoms with van der Waals surface area (Å²) in [5, 5.41) is 7.75. The number of aromatic nitrogens is 2. The van der Waals surface area contributed by atoms with Gasteiger partial charge in [0, 0.05) is 17.7 Å². The Hall–Kier alpha value is -3.32. The Morgan fingerprint density at radius 3 is 2.63 bits per heavy atom. The fourth-order valence-electron chi connectivity index (χ4n) is 2.47. The van der Waals surface area contributed by atoms with Gasteiger partial charge < -0.3 is 4.74 Å². The van der Waals surface area contributed by atoms with Crippen molar-refractivity contribution < 1.29 is 13.9 Å². The first-order chi connectivity index (χ1) is 13.2. The predicted molar refractivity (Wildman–Crippen MR) is 99.3 cm³/mol. The molecular weight excluding hydrogens is 347 g/mol. The van der Waals surface area contributed by atoms with Crippen molar-refractivity contribution in [1.82, 2.24) is 21.0 Å². The summed E-state index contributed by atoms with van der Waals surface area (Å²) in [4.78, 5) is 12.3. The van der Waals surface area contributed by atoms with Gasteiger partial charge in [0.05, 0.1) is 12.8 Å². The zero-order chi connectivity index (χ0) is 19.1. The van der Waals surface area contributed by atoms with E-state index in [0.717, 1.165) is 16.9 Å². The summed E-state index contributed by atoms with van der Waals surface area (Å²) < 4.78 is 19.0. The number of benzene rings is 2. The maximum absolute atomic E-state index is 13.6. The van der Waals surface area contributed by atoms with Crippen LogP contribution in [0.4, 0.5) is 4.39 Å². The van der Waals surface area contributed by atoms with Gasteiger partial charge in [-0.15, -0.1) is 5.10 Å². The molecule has 1 heterocycles. The number of halogens is 1. The maximum Gasteiger partial charge on any atom is 0.285 e. The van der Waals surface area contributed by atoms with E-state index in [4.69, 9.17) is 4.74 Å². The van der Waals surface area contributed by atoms with Crippen molar-refractivity contribution in [1.29, 1.82) is 0 Å². The Bertz CT molecular complexity index is 916. The number of carbonyl (C=O) groups excluding carboxylic acids is 1. The number of nitrogens with zero attached hydrogens (tertiary/aromatic N) is 2. The van der Waals surface area contributed by atoms with Crippen molar-refractivity contribution in [2.45, 2.75) is 13.5 Å². The summed E-state index contributed by atoms with van der Waals surface area (Å²) in [6.45, 7) is 2.68. The third-order valence-corrected chi connectivity index (χ3v) is 3.82. The minimum absolute atomic E-state index is 0.155. The van der Waals surface area contributed by atoms with E-state index in [1.165, 1.54) is 6.07 Å². The van der Waals surface area contributed by atoms with Gasteiger partial charge in [0.2, 0.25) is 0 Å². The number of amides is 1.